The van der Waals surface area contributed by atoms with E-state index in [0.717, 1.165) is 18.5 Å². The van der Waals surface area contributed by atoms with E-state index in [-0.39, 0.29) is 5.54 Å². The predicted molar refractivity (Wildman–Crippen MR) is 53.9 cm³/mol. The molecule has 12 heavy (non-hydrogen) atoms. The van der Waals surface area contributed by atoms with Crippen LogP contribution in [0, 0.1) is 0 Å². The highest BCUT2D eigenvalue weighted by atomic mass is 15.0. The molecule has 0 aromatic rings. The molecule has 0 aromatic heterocycles. The monoisotopic (exact) mass is 163 g/mol. The van der Waals surface area contributed by atoms with Crippen molar-refractivity contribution < 1.29 is 0 Å². The van der Waals surface area contributed by atoms with Gasteiger partial charge >= 0.3 is 0 Å². The van der Waals surface area contributed by atoms with Crippen molar-refractivity contribution in [3.8, 4) is 0 Å². The Morgan fingerprint density at radius 1 is 1.50 bits per heavy atom. The molecule has 0 unspecified atom stereocenters. The minimum absolute atomic E-state index is 0.204. The van der Waals surface area contributed by atoms with Crippen LogP contribution in [-0.4, -0.2) is 5.54 Å². The lowest BCUT2D eigenvalue weighted by Gasteiger charge is -2.35. The second-order valence-corrected chi connectivity index (χ2v) is 3.93. The van der Waals surface area contributed by atoms with Crippen LogP contribution < -0.4 is 5.32 Å². The molecular weight excluding hydrogens is 146 g/mol. The molecule has 1 N–H and O–H groups in total. The summed E-state index contributed by atoms with van der Waals surface area (Å²) in [5.74, 6) is 0. The lowest BCUT2D eigenvalue weighted by atomic mass is 9.89. The summed E-state index contributed by atoms with van der Waals surface area (Å²) in [4.78, 5) is 0. The zero-order valence-electron chi connectivity index (χ0n) is 7.98. The molecule has 1 aliphatic rings. The molecule has 0 aliphatic carbocycles. The van der Waals surface area contributed by atoms with Gasteiger partial charge in [-0.3, -0.25) is 0 Å². The molecule has 1 saturated heterocycles. The Morgan fingerprint density at radius 2 is 2.17 bits per heavy atom. The fourth-order valence-electron chi connectivity index (χ4n) is 1.39. The average Bonchev–Trinajstić information content (AvgIpc) is 1.97. The molecule has 0 atom stereocenters. The predicted octanol–water partition coefficient (Wildman–Crippen LogP) is 2.77. The number of nitrogens with one attached hydrogen (secondary N) is 1. The van der Waals surface area contributed by atoms with Crippen LogP contribution in [0.25, 0.3) is 0 Å². The number of hydrogen-bond acceptors (Lipinski definition) is 1. The third-order valence-electron chi connectivity index (χ3n) is 2.19. The molecule has 1 heterocycles. The smallest absolute Gasteiger partial charge is 0.0370 e. The quantitative estimate of drug-likeness (QED) is 0.626. The van der Waals surface area contributed by atoms with E-state index in [9.17, 15) is 0 Å². The van der Waals surface area contributed by atoms with Gasteiger partial charge in [0.2, 0.25) is 0 Å². The Kier molecular flexibility index (Phi) is 2.41. The zero-order chi connectivity index (χ0) is 9.19. The molecule has 0 spiro atoms. The van der Waals surface area contributed by atoms with Gasteiger partial charge in [0.25, 0.3) is 0 Å². The van der Waals surface area contributed by atoms with E-state index in [1.807, 2.05) is 6.08 Å². The Balaban J connectivity index is 2.79. The molecular formula is C11H17N. The maximum Gasteiger partial charge on any atom is 0.0370 e. The summed E-state index contributed by atoms with van der Waals surface area (Å²) in [6.07, 6.45) is 6.03. The van der Waals surface area contributed by atoms with E-state index in [1.54, 1.807) is 6.08 Å². The van der Waals surface area contributed by atoms with Crippen LogP contribution in [0.2, 0.25) is 0 Å². The number of piperidine rings is 1. The SMILES string of the molecule is C=C/C=C1/NC(C)(C)CCC1=C. The van der Waals surface area contributed by atoms with Crippen molar-refractivity contribution in [2.75, 3.05) is 0 Å². The van der Waals surface area contributed by atoms with Gasteiger partial charge < -0.3 is 5.32 Å². The van der Waals surface area contributed by atoms with Crippen LogP contribution >= 0.6 is 0 Å². The highest BCUT2D eigenvalue weighted by Crippen LogP contribution is 2.26. The maximum atomic E-state index is 4.00. The van der Waals surface area contributed by atoms with Gasteiger partial charge in [0, 0.05) is 11.2 Å². The molecule has 0 amide bonds. The molecule has 1 heteroatoms. The van der Waals surface area contributed by atoms with Gasteiger partial charge in [0.15, 0.2) is 0 Å². The second kappa shape index (κ2) is 3.18. The molecule has 1 rings (SSSR count). The Bertz CT molecular complexity index is 233. The summed E-state index contributed by atoms with van der Waals surface area (Å²) in [6.45, 7) is 12.1. The van der Waals surface area contributed by atoms with Gasteiger partial charge in [-0.2, -0.15) is 0 Å². The topological polar surface area (TPSA) is 12.0 Å². The standard InChI is InChI=1S/C11H17N/c1-5-6-10-9(2)7-8-11(3,4)12-10/h5-6,12H,1-2,7-8H2,3-4H3/b10-6+. The van der Waals surface area contributed by atoms with Gasteiger partial charge in [0.1, 0.15) is 0 Å². The van der Waals surface area contributed by atoms with Crippen molar-refractivity contribution in [3.63, 3.8) is 0 Å². The molecule has 0 aromatic carbocycles. The first kappa shape index (κ1) is 9.11. The summed E-state index contributed by atoms with van der Waals surface area (Å²) >= 11 is 0. The van der Waals surface area contributed by atoms with Crippen molar-refractivity contribution in [2.45, 2.75) is 32.2 Å². The fraction of sp³-hybridized carbons (Fsp3) is 0.455. The molecule has 1 fully saturated rings. The largest absolute Gasteiger partial charge is 0.380 e. The van der Waals surface area contributed by atoms with E-state index in [4.69, 9.17) is 0 Å². The minimum atomic E-state index is 0.204. The molecule has 0 bridgehead atoms. The summed E-state index contributed by atoms with van der Waals surface area (Å²) < 4.78 is 0. The zero-order valence-corrected chi connectivity index (χ0v) is 7.98. The van der Waals surface area contributed by atoms with Crippen LogP contribution in [0.15, 0.2) is 36.6 Å². The van der Waals surface area contributed by atoms with Gasteiger partial charge in [-0.15, -0.1) is 0 Å². The van der Waals surface area contributed by atoms with Crippen molar-refractivity contribution in [3.05, 3.63) is 36.6 Å². The van der Waals surface area contributed by atoms with Crippen LogP contribution in [-0.2, 0) is 0 Å². The molecule has 66 valence electrons. The number of hydrogen-bond donors (Lipinski definition) is 1. The number of allylic oxidation sites excluding steroid dienone is 3. The first-order valence-corrected chi connectivity index (χ1v) is 4.34. The van der Waals surface area contributed by atoms with Gasteiger partial charge in [-0.25, -0.2) is 0 Å². The van der Waals surface area contributed by atoms with Crippen LogP contribution in [0.5, 0.6) is 0 Å². The molecule has 1 nitrogen and oxygen atoms in total. The van der Waals surface area contributed by atoms with Crippen molar-refractivity contribution in [2.24, 2.45) is 0 Å². The van der Waals surface area contributed by atoms with Gasteiger partial charge in [0.05, 0.1) is 0 Å². The first-order chi connectivity index (χ1) is 5.55. The highest BCUT2D eigenvalue weighted by Gasteiger charge is 2.24. The fourth-order valence-corrected chi connectivity index (χ4v) is 1.39. The summed E-state index contributed by atoms with van der Waals surface area (Å²) in [6, 6.07) is 0. The van der Waals surface area contributed by atoms with Gasteiger partial charge in [-0.1, -0.05) is 19.2 Å². The second-order valence-electron chi connectivity index (χ2n) is 3.93. The third kappa shape index (κ3) is 2.00. The van der Waals surface area contributed by atoms with Crippen LogP contribution in [0.4, 0.5) is 0 Å². The van der Waals surface area contributed by atoms with Crippen molar-refractivity contribution in [1.29, 1.82) is 0 Å². The van der Waals surface area contributed by atoms with E-state index < -0.39 is 0 Å². The highest BCUT2D eigenvalue weighted by molar-refractivity contribution is 5.33. The molecule has 0 saturated carbocycles. The Labute approximate surface area is 74.9 Å². The summed E-state index contributed by atoms with van der Waals surface area (Å²) in [7, 11) is 0. The van der Waals surface area contributed by atoms with E-state index >= 15 is 0 Å². The Morgan fingerprint density at radius 3 is 2.75 bits per heavy atom. The maximum absolute atomic E-state index is 4.00. The third-order valence-corrected chi connectivity index (χ3v) is 2.19. The molecule has 0 radical (unpaired) electrons. The average molecular weight is 163 g/mol. The van der Waals surface area contributed by atoms with Crippen LogP contribution in [0.1, 0.15) is 26.7 Å². The Hall–Kier alpha value is -0.980. The first-order valence-electron chi connectivity index (χ1n) is 4.34. The summed E-state index contributed by atoms with van der Waals surface area (Å²) in [5.41, 5.74) is 2.53. The molecule has 1 aliphatic heterocycles. The summed E-state index contributed by atoms with van der Waals surface area (Å²) in [5, 5.41) is 3.43. The van der Waals surface area contributed by atoms with Gasteiger partial charge in [-0.05, 0) is 38.3 Å². The van der Waals surface area contributed by atoms with Crippen molar-refractivity contribution in [1.82, 2.24) is 5.32 Å². The van der Waals surface area contributed by atoms with E-state index in [2.05, 4.69) is 32.3 Å². The number of rotatable bonds is 1. The minimum Gasteiger partial charge on any atom is -0.380 e. The lowest BCUT2D eigenvalue weighted by molar-refractivity contribution is 0.374. The van der Waals surface area contributed by atoms with Crippen molar-refractivity contribution >= 4 is 0 Å². The lowest BCUT2D eigenvalue weighted by Crippen LogP contribution is -2.42. The van der Waals surface area contributed by atoms with Crippen LogP contribution in [0.3, 0.4) is 0 Å². The van der Waals surface area contributed by atoms with E-state index in [0.29, 0.717) is 0 Å². The normalized spacial score (nSPS) is 25.2. The van der Waals surface area contributed by atoms with E-state index in [1.165, 1.54) is 5.57 Å².